The number of carbonyl (C=O) groups excluding carboxylic acids is 2. The van der Waals surface area contributed by atoms with E-state index in [1.54, 1.807) is 6.92 Å². The lowest BCUT2D eigenvalue weighted by atomic mass is 10.1. The van der Waals surface area contributed by atoms with Crippen molar-refractivity contribution in [3.05, 3.63) is 29.3 Å². The lowest BCUT2D eigenvalue weighted by molar-refractivity contribution is -0.130. The third kappa shape index (κ3) is 5.67. The zero-order valence-electron chi connectivity index (χ0n) is 14.3. The van der Waals surface area contributed by atoms with Gasteiger partial charge in [0.2, 0.25) is 0 Å². The number of sulfone groups is 1. The highest BCUT2D eigenvalue weighted by Crippen LogP contribution is 2.17. The molecule has 0 saturated heterocycles. The fourth-order valence-electron chi connectivity index (χ4n) is 1.80. The van der Waals surface area contributed by atoms with E-state index in [1.165, 1.54) is 25.1 Å². The van der Waals surface area contributed by atoms with Gasteiger partial charge in [-0.15, -0.1) is 0 Å². The molecule has 1 aromatic rings. The summed E-state index contributed by atoms with van der Waals surface area (Å²) >= 11 is 0. The predicted octanol–water partition coefficient (Wildman–Crippen LogP) is 1.86. The number of esters is 1. The molecule has 1 aromatic carbocycles. The van der Waals surface area contributed by atoms with Gasteiger partial charge in [0.05, 0.1) is 10.5 Å². The van der Waals surface area contributed by atoms with Crippen LogP contribution in [0, 0.1) is 6.92 Å². The fourth-order valence-corrected chi connectivity index (χ4v) is 2.45. The Morgan fingerprint density at radius 1 is 1.22 bits per heavy atom. The van der Waals surface area contributed by atoms with Crippen LogP contribution in [0.2, 0.25) is 0 Å². The molecule has 0 radical (unpaired) electrons. The topological polar surface area (TPSA) is 89.5 Å². The summed E-state index contributed by atoms with van der Waals surface area (Å²) in [6.07, 6.45) is 0.0784. The van der Waals surface area contributed by atoms with Crippen LogP contribution in [0.3, 0.4) is 0 Å². The minimum Gasteiger partial charge on any atom is -0.449 e. The van der Waals surface area contributed by atoms with Gasteiger partial charge in [-0.25, -0.2) is 13.2 Å². The van der Waals surface area contributed by atoms with Crippen LogP contribution in [-0.4, -0.2) is 38.2 Å². The van der Waals surface area contributed by atoms with Gasteiger partial charge in [-0.2, -0.15) is 0 Å². The normalized spacial score (nSPS) is 13.3. The second-order valence-electron chi connectivity index (χ2n) is 6.54. The first-order valence-corrected chi connectivity index (χ1v) is 9.04. The van der Waals surface area contributed by atoms with Crippen LogP contribution >= 0.6 is 0 Å². The van der Waals surface area contributed by atoms with Gasteiger partial charge < -0.3 is 10.1 Å². The van der Waals surface area contributed by atoms with E-state index >= 15 is 0 Å². The molecular weight excluding hydrogens is 318 g/mol. The lowest BCUT2D eigenvalue weighted by Gasteiger charge is -2.23. The zero-order valence-corrected chi connectivity index (χ0v) is 15.1. The van der Waals surface area contributed by atoms with Crippen molar-refractivity contribution < 1.29 is 22.7 Å². The molecule has 0 bridgehead atoms. The average molecular weight is 341 g/mol. The third-order valence-electron chi connectivity index (χ3n) is 3.01. The van der Waals surface area contributed by atoms with Crippen molar-refractivity contribution in [2.75, 3.05) is 6.26 Å². The van der Waals surface area contributed by atoms with Crippen molar-refractivity contribution >= 4 is 21.7 Å². The monoisotopic (exact) mass is 341 g/mol. The maximum Gasteiger partial charge on any atom is 0.339 e. The number of aryl methyl sites for hydroxylation is 1. The number of amides is 1. The standard InChI is InChI=1S/C16H23NO5S/c1-10-7-8-12(23(6,20)21)9-13(10)15(19)22-11(2)14(18)17-16(3,4)5/h7-9,11H,1-6H3,(H,17,18)/t11-/m0/s1. The summed E-state index contributed by atoms with van der Waals surface area (Å²) in [6, 6.07) is 4.23. The number of ether oxygens (including phenoxy) is 1. The van der Waals surface area contributed by atoms with Crippen LogP contribution in [0.4, 0.5) is 0 Å². The van der Waals surface area contributed by atoms with Gasteiger partial charge in [0.25, 0.3) is 5.91 Å². The molecule has 0 spiro atoms. The number of hydrogen-bond acceptors (Lipinski definition) is 5. The van der Waals surface area contributed by atoms with Crippen molar-refractivity contribution in [1.29, 1.82) is 0 Å². The largest absolute Gasteiger partial charge is 0.449 e. The van der Waals surface area contributed by atoms with Gasteiger partial charge in [-0.05, 0) is 52.3 Å². The van der Waals surface area contributed by atoms with E-state index in [0.29, 0.717) is 5.56 Å². The third-order valence-corrected chi connectivity index (χ3v) is 4.12. The molecule has 1 amide bonds. The first kappa shape index (κ1) is 19.2. The molecule has 23 heavy (non-hydrogen) atoms. The second-order valence-corrected chi connectivity index (χ2v) is 8.55. The average Bonchev–Trinajstić information content (AvgIpc) is 2.35. The number of benzene rings is 1. The van der Waals surface area contributed by atoms with Crippen molar-refractivity contribution in [3.8, 4) is 0 Å². The van der Waals surface area contributed by atoms with E-state index in [-0.39, 0.29) is 10.5 Å². The molecule has 0 unspecified atom stereocenters. The molecule has 0 fully saturated rings. The highest BCUT2D eigenvalue weighted by atomic mass is 32.2. The van der Waals surface area contributed by atoms with Gasteiger partial charge in [0.1, 0.15) is 0 Å². The Balaban J connectivity index is 2.96. The van der Waals surface area contributed by atoms with Gasteiger partial charge in [0, 0.05) is 11.8 Å². The Morgan fingerprint density at radius 3 is 2.26 bits per heavy atom. The minimum atomic E-state index is -3.43. The van der Waals surface area contributed by atoms with E-state index in [1.807, 2.05) is 20.8 Å². The smallest absolute Gasteiger partial charge is 0.339 e. The molecule has 1 rings (SSSR count). The maximum atomic E-state index is 12.2. The van der Waals surface area contributed by atoms with Crippen LogP contribution < -0.4 is 5.32 Å². The summed E-state index contributed by atoms with van der Waals surface area (Å²) in [6.45, 7) is 8.59. The van der Waals surface area contributed by atoms with E-state index in [2.05, 4.69) is 5.32 Å². The summed E-state index contributed by atoms with van der Waals surface area (Å²) in [5.41, 5.74) is 0.262. The van der Waals surface area contributed by atoms with Crippen LogP contribution in [0.25, 0.3) is 0 Å². The van der Waals surface area contributed by atoms with E-state index < -0.39 is 33.4 Å². The molecule has 0 aliphatic heterocycles. The Hall–Kier alpha value is -1.89. The van der Waals surface area contributed by atoms with E-state index in [4.69, 9.17) is 4.74 Å². The highest BCUT2D eigenvalue weighted by molar-refractivity contribution is 7.90. The second kappa shape index (κ2) is 6.70. The molecule has 0 heterocycles. The van der Waals surface area contributed by atoms with Crippen LogP contribution in [0.1, 0.15) is 43.6 Å². The Labute approximate surface area is 137 Å². The lowest BCUT2D eigenvalue weighted by Crippen LogP contribution is -2.46. The van der Waals surface area contributed by atoms with Crippen molar-refractivity contribution in [3.63, 3.8) is 0 Å². The first-order chi connectivity index (χ1) is 10.3. The van der Waals surface area contributed by atoms with Crippen LogP contribution in [0.5, 0.6) is 0 Å². The number of rotatable bonds is 4. The Bertz CT molecular complexity index is 716. The molecular formula is C16H23NO5S. The molecule has 0 aliphatic rings. The first-order valence-electron chi connectivity index (χ1n) is 7.15. The van der Waals surface area contributed by atoms with Gasteiger partial charge in [-0.3, -0.25) is 4.79 Å². The van der Waals surface area contributed by atoms with Crippen LogP contribution in [0.15, 0.2) is 23.1 Å². The number of nitrogens with one attached hydrogen (secondary N) is 1. The molecule has 0 saturated carbocycles. The van der Waals surface area contributed by atoms with Crippen molar-refractivity contribution in [2.45, 2.75) is 51.2 Å². The SMILES string of the molecule is Cc1ccc(S(C)(=O)=O)cc1C(=O)O[C@@H](C)C(=O)NC(C)(C)C. The molecule has 6 nitrogen and oxygen atoms in total. The van der Waals surface area contributed by atoms with Gasteiger partial charge >= 0.3 is 5.97 Å². The predicted molar refractivity (Wildman–Crippen MR) is 87.1 cm³/mol. The molecule has 1 atom stereocenters. The van der Waals surface area contributed by atoms with Crippen molar-refractivity contribution in [2.24, 2.45) is 0 Å². The fraction of sp³-hybridized carbons (Fsp3) is 0.500. The number of hydrogen-bond donors (Lipinski definition) is 1. The highest BCUT2D eigenvalue weighted by Gasteiger charge is 2.24. The van der Waals surface area contributed by atoms with Gasteiger partial charge in [-0.1, -0.05) is 6.07 Å². The van der Waals surface area contributed by atoms with E-state index in [9.17, 15) is 18.0 Å². The Kier molecular flexibility index (Phi) is 5.58. The maximum absolute atomic E-state index is 12.2. The van der Waals surface area contributed by atoms with Crippen molar-refractivity contribution in [1.82, 2.24) is 5.32 Å². The summed E-state index contributed by atoms with van der Waals surface area (Å²) in [5.74, 6) is -1.15. The van der Waals surface area contributed by atoms with Crippen LogP contribution in [-0.2, 0) is 19.4 Å². The summed E-state index contributed by atoms with van der Waals surface area (Å²) in [4.78, 5) is 24.2. The minimum absolute atomic E-state index is 0.0295. The summed E-state index contributed by atoms with van der Waals surface area (Å²) in [5, 5.41) is 2.71. The molecule has 0 aliphatic carbocycles. The zero-order chi connectivity index (χ0) is 18.0. The van der Waals surface area contributed by atoms with E-state index in [0.717, 1.165) is 6.26 Å². The molecule has 7 heteroatoms. The molecule has 0 aromatic heterocycles. The number of carbonyl (C=O) groups is 2. The molecule has 1 N–H and O–H groups in total. The van der Waals surface area contributed by atoms with Gasteiger partial charge in [0.15, 0.2) is 15.9 Å². The quantitative estimate of drug-likeness (QED) is 0.844. The Morgan fingerprint density at radius 2 is 1.78 bits per heavy atom. The summed E-state index contributed by atoms with van der Waals surface area (Å²) in [7, 11) is -3.43. The summed E-state index contributed by atoms with van der Waals surface area (Å²) < 4.78 is 28.3. The molecule has 128 valence electrons.